The minimum absolute atomic E-state index is 0.0982. The lowest BCUT2D eigenvalue weighted by Gasteiger charge is -2.37. The van der Waals surface area contributed by atoms with Crippen molar-refractivity contribution in [2.45, 2.75) is 11.8 Å². The maximum Gasteiger partial charge on any atom is 0.284 e. The Morgan fingerprint density at radius 3 is 2.17 bits per heavy atom. The third-order valence-corrected chi connectivity index (χ3v) is 6.64. The van der Waals surface area contributed by atoms with Gasteiger partial charge in [-0.1, -0.05) is 30.0 Å². The molecule has 154 valence electrons. The summed E-state index contributed by atoms with van der Waals surface area (Å²) in [6, 6.07) is 16.2. The fourth-order valence-electron chi connectivity index (χ4n) is 3.09. The topological polar surface area (TPSA) is 82.1 Å². The van der Waals surface area contributed by atoms with Crippen LogP contribution >= 0.6 is 11.8 Å². The van der Waals surface area contributed by atoms with Crippen LogP contribution in [-0.4, -0.2) is 56.8 Å². The second-order valence-corrected chi connectivity index (χ2v) is 8.95. The van der Waals surface area contributed by atoms with E-state index in [0.29, 0.717) is 23.9 Å². The molecule has 7 nitrogen and oxygen atoms in total. The summed E-state index contributed by atoms with van der Waals surface area (Å²) in [6.45, 7) is 4.40. The molecule has 3 rings (SSSR count). The molecule has 1 amide bonds. The van der Waals surface area contributed by atoms with Crippen LogP contribution in [0.15, 0.2) is 63.9 Å². The lowest BCUT2D eigenvalue weighted by Crippen LogP contribution is -2.48. The number of piperazine rings is 1. The van der Waals surface area contributed by atoms with Crippen molar-refractivity contribution in [2.75, 3.05) is 42.7 Å². The molecule has 2 aromatic rings. The molecule has 9 heteroatoms. The van der Waals surface area contributed by atoms with E-state index in [2.05, 4.69) is 26.7 Å². The molecule has 1 aliphatic rings. The molecule has 1 aliphatic heterocycles. The van der Waals surface area contributed by atoms with Crippen LogP contribution in [0.1, 0.15) is 6.92 Å². The number of anilines is 2. The standard InChI is InChI=1S/C20H24N4O3S2/c1-16(25)21-17-8-10-19(11-9-17)29(26,27)22-20(28-2)24-14-12-23(13-15-24)18-6-4-3-5-7-18/h3-11H,12-15H2,1-2H3,(H,21,25)/b22-20+. The minimum atomic E-state index is -3.83. The van der Waals surface area contributed by atoms with Gasteiger partial charge < -0.3 is 15.1 Å². The van der Waals surface area contributed by atoms with Gasteiger partial charge in [0.2, 0.25) is 5.91 Å². The average molecular weight is 433 g/mol. The van der Waals surface area contributed by atoms with Crippen molar-refractivity contribution in [2.24, 2.45) is 4.40 Å². The Kier molecular flexibility index (Phi) is 6.81. The zero-order valence-corrected chi connectivity index (χ0v) is 18.0. The van der Waals surface area contributed by atoms with Gasteiger partial charge in [0.1, 0.15) is 0 Å². The zero-order chi connectivity index (χ0) is 20.9. The highest BCUT2D eigenvalue weighted by Gasteiger charge is 2.22. The molecule has 1 fully saturated rings. The van der Waals surface area contributed by atoms with Crippen LogP contribution < -0.4 is 10.2 Å². The molecule has 0 radical (unpaired) electrons. The van der Waals surface area contributed by atoms with Gasteiger partial charge in [0.25, 0.3) is 10.0 Å². The van der Waals surface area contributed by atoms with Crippen molar-refractivity contribution in [3.8, 4) is 0 Å². The molecule has 29 heavy (non-hydrogen) atoms. The number of amidine groups is 1. The molecule has 0 saturated carbocycles. The van der Waals surface area contributed by atoms with E-state index in [0.717, 1.165) is 13.1 Å². The Bertz CT molecular complexity index is 969. The van der Waals surface area contributed by atoms with E-state index in [9.17, 15) is 13.2 Å². The van der Waals surface area contributed by atoms with E-state index in [1.807, 2.05) is 29.4 Å². The van der Waals surface area contributed by atoms with Gasteiger partial charge in [0.05, 0.1) is 4.90 Å². The normalized spacial score (nSPS) is 15.3. The monoisotopic (exact) mass is 432 g/mol. The Hall–Kier alpha value is -2.52. The van der Waals surface area contributed by atoms with Crippen molar-refractivity contribution in [1.82, 2.24) is 4.90 Å². The predicted molar refractivity (Wildman–Crippen MR) is 119 cm³/mol. The summed E-state index contributed by atoms with van der Waals surface area (Å²) in [6.07, 6.45) is 1.83. The van der Waals surface area contributed by atoms with Crippen LogP contribution in [0.5, 0.6) is 0 Å². The molecule has 1 heterocycles. The molecule has 0 bridgehead atoms. The third kappa shape index (κ3) is 5.51. The van der Waals surface area contributed by atoms with Crippen molar-refractivity contribution < 1.29 is 13.2 Å². The number of thioether (sulfide) groups is 1. The highest BCUT2D eigenvalue weighted by atomic mass is 32.2. The number of hydrogen-bond donors (Lipinski definition) is 1. The van der Waals surface area contributed by atoms with Crippen molar-refractivity contribution >= 4 is 44.2 Å². The SMILES string of the molecule is CS/C(=N/S(=O)(=O)c1ccc(NC(C)=O)cc1)N1CCN(c2ccccc2)CC1. The number of rotatable bonds is 4. The highest BCUT2D eigenvalue weighted by molar-refractivity contribution is 8.13. The van der Waals surface area contributed by atoms with E-state index in [1.165, 1.54) is 36.5 Å². The highest BCUT2D eigenvalue weighted by Crippen LogP contribution is 2.21. The number of sulfonamides is 1. The minimum Gasteiger partial charge on any atom is -0.368 e. The summed E-state index contributed by atoms with van der Waals surface area (Å²) in [5.74, 6) is -0.210. The van der Waals surface area contributed by atoms with Crippen molar-refractivity contribution in [3.63, 3.8) is 0 Å². The quantitative estimate of drug-likeness (QED) is 0.591. The second kappa shape index (κ2) is 9.32. The van der Waals surface area contributed by atoms with E-state index >= 15 is 0 Å². The summed E-state index contributed by atoms with van der Waals surface area (Å²) >= 11 is 1.33. The first-order valence-electron chi connectivity index (χ1n) is 9.20. The number of hydrogen-bond acceptors (Lipinski definition) is 5. The first kappa shape index (κ1) is 21.2. The molecule has 1 saturated heterocycles. The van der Waals surface area contributed by atoms with Gasteiger partial charge in [-0.05, 0) is 42.7 Å². The van der Waals surface area contributed by atoms with E-state index in [-0.39, 0.29) is 10.8 Å². The second-order valence-electron chi connectivity index (χ2n) is 6.57. The van der Waals surface area contributed by atoms with E-state index in [1.54, 1.807) is 12.1 Å². The Labute approximate surface area is 175 Å². The largest absolute Gasteiger partial charge is 0.368 e. The third-order valence-electron chi connectivity index (χ3n) is 4.52. The summed E-state index contributed by atoms with van der Waals surface area (Å²) < 4.78 is 29.6. The van der Waals surface area contributed by atoms with Crippen LogP contribution in [0.4, 0.5) is 11.4 Å². The molecular weight excluding hydrogens is 408 g/mol. The van der Waals surface area contributed by atoms with Gasteiger partial charge >= 0.3 is 0 Å². The predicted octanol–water partition coefficient (Wildman–Crippen LogP) is 2.87. The Morgan fingerprint density at radius 2 is 1.62 bits per heavy atom. The lowest BCUT2D eigenvalue weighted by molar-refractivity contribution is -0.114. The molecule has 0 atom stereocenters. The van der Waals surface area contributed by atoms with E-state index < -0.39 is 10.0 Å². The van der Waals surface area contributed by atoms with Gasteiger partial charge in [-0.25, -0.2) is 0 Å². The van der Waals surface area contributed by atoms with Crippen LogP contribution in [0, 0.1) is 0 Å². The number of nitrogens with one attached hydrogen (secondary N) is 1. The first-order chi connectivity index (χ1) is 13.9. The fourth-order valence-corrected chi connectivity index (χ4v) is 5.03. The smallest absolute Gasteiger partial charge is 0.284 e. The summed E-state index contributed by atoms with van der Waals surface area (Å²) in [5.41, 5.74) is 1.71. The van der Waals surface area contributed by atoms with Gasteiger partial charge in [0, 0.05) is 44.5 Å². The van der Waals surface area contributed by atoms with Crippen LogP contribution in [0.3, 0.4) is 0 Å². The number of benzene rings is 2. The molecule has 0 spiro atoms. The zero-order valence-electron chi connectivity index (χ0n) is 16.4. The molecule has 0 unspecified atom stereocenters. The molecule has 2 aromatic carbocycles. The number of nitrogens with zero attached hydrogens (tertiary/aromatic N) is 3. The van der Waals surface area contributed by atoms with Gasteiger partial charge in [-0.15, -0.1) is 4.40 Å². The van der Waals surface area contributed by atoms with Crippen molar-refractivity contribution in [3.05, 3.63) is 54.6 Å². The number of amides is 1. The molecule has 0 aromatic heterocycles. The first-order valence-corrected chi connectivity index (χ1v) is 11.9. The summed E-state index contributed by atoms with van der Waals surface area (Å²) in [7, 11) is -3.83. The van der Waals surface area contributed by atoms with Gasteiger partial charge in [-0.3, -0.25) is 4.79 Å². The Morgan fingerprint density at radius 1 is 1.00 bits per heavy atom. The van der Waals surface area contributed by atoms with Gasteiger partial charge in [0.15, 0.2) is 5.17 Å². The summed E-state index contributed by atoms with van der Waals surface area (Å²) in [4.78, 5) is 15.5. The Balaban J connectivity index is 1.71. The number of carbonyl (C=O) groups is 1. The van der Waals surface area contributed by atoms with Crippen LogP contribution in [0.25, 0.3) is 0 Å². The number of para-hydroxylation sites is 1. The fraction of sp³-hybridized carbons (Fsp3) is 0.300. The maximum atomic E-state index is 12.7. The molecule has 1 N–H and O–H groups in total. The van der Waals surface area contributed by atoms with Crippen LogP contribution in [-0.2, 0) is 14.8 Å². The molecule has 0 aliphatic carbocycles. The maximum absolute atomic E-state index is 12.7. The van der Waals surface area contributed by atoms with Gasteiger partial charge in [-0.2, -0.15) is 8.42 Å². The van der Waals surface area contributed by atoms with Crippen LogP contribution in [0.2, 0.25) is 0 Å². The van der Waals surface area contributed by atoms with Crippen molar-refractivity contribution in [1.29, 1.82) is 0 Å². The summed E-state index contributed by atoms with van der Waals surface area (Å²) in [5, 5.41) is 3.11. The average Bonchev–Trinajstić information content (AvgIpc) is 2.73. The molecular formula is C20H24N4O3S2. The lowest BCUT2D eigenvalue weighted by atomic mass is 10.2. The van der Waals surface area contributed by atoms with E-state index in [4.69, 9.17) is 0 Å². The number of carbonyl (C=O) groups excluding carboxylic acids is 1.